The Bertz CT molecular complexity index is 640. The summed E-state index contributed by atoms with van der Waals surface area (Å²) >= 11 is 6.10. The van der Waals surface area contributed by atoms with Crippen molar-refractivity contribution in [3.8, 4) is 0 Å². The van der Waals surface area contributed by atoms with Gasteiger partial charge in [0.1, 0.15) is 0 Å². The number of halogens is 1. The third-order valence-corrected chi connectivity index (χ3v) is 5.04. The highest BCUT2D eigenvalue weighted by molar-refractivity contribution is 7.91. The van der Waals surface area contributed by atoms with Gasteiger partial charge in [-0.25, -0.2) is 13.2 Å². The van der Waals surface area contributed by atoms with E-state index in [-0.39, 0.29) is 11.5 Å². The zero-order valence-electron chi connectivity index (χ0n) is 10.6. The Morgan fingerprint density at radius 3 is 2.50 bits per heavy atom. The summed E-state index contributed by atoms with van der Waals surface area (Å²) in [6.45, 7) is 0.895. The normalized spacial score (nSPS) is 18.4. The molecule has 0 radical (unpaired) electrons. The Hall–Kier alpha value is -1.53. The van der Waals surface area contributed by atoms with Crippen LogP contribution >= 0.6 is 11.6 Å². The number of benzene rings is 1. The van der Waals surface area contributed by atoms with Gasteiger partial charge < -0.3 is 10.0 Å². The molecule has 0 spiro atoms. The summed E-state index contributed by atoms with van der Waals surface area (Å²) in [7, 11) is -2.91. The molecule has 0 unspecified atom stereocenters. The molecule has 20 heavy (non-hydrogen) atoms. The number of aliphatic carboxylic acids is 1. The van der Waals surface area contributed by atoms with Crippen LogP contribution in [0.2, 0.25) is 5.02 Å². The quantitative estimate of drug-likeness (QED) is 0.859. The van der Waals surface area contributed by atoms with Crippen LogP contribution in [0.4, 0.5) is 5.69 Å². The highest BCUT2D eigenvalue weighted by Crippen LogP contribution is 2.25. The van der Waals surface area contributed by atoms with E-state index in [0.717, 1.165) is 11.8 Å². The molecule has 0 bridgehead atoms. The number of hydrogen-bond donors (Lipinski definition) is 1. The minimum Gasteiger partial charge on any atom is -0.478 e. The predicted octanol–water partition coefficient (Wildman–Crippen LogP) is 1.67. The van der Waals surface area contributed by atoms with E-state index in [2.05, 4.69) is 0 Å². The summed E-state index contributed by atoms with van der Waals surface area (Å²) in [5.74, 6) is -0.747. The molecule has 0 atom stereocenters. The van der Waals surface area contributed by atoms with Gasteiger partial charge >= 0.3 is 5.97 Å². The number of hydrogen-bond acceptors (Lipinski definition) is 4. The number of nitrogens with zero attached hydrogens (tertiary/aromatic N) is 1. The van der Waals surface area contributed by atoms with Gasteiger partial charge in [0.25, 0.3) is 0 Å². The van der Waals surface area contributed by atoms with Gasteiger partial charge in [-0.2, -0.15) is 0 Å². The van der Waals surface area contributed by atoms with Crippen LogP contribution in [0.3, 0.4) is 0 Å². The molecule has 0 aliphatic carbocycles. The maximum Gasteiger partial charge on any atom is 0.328 e. The first-order valence-corrected chi connectivity index (χ1v) is 8.23. The molecule has 2 rings (SSSR count). The van der Waals surface area contributed by atoms with E-state index in [1.54, 1.807) is 12.1 Å². The molecule has 1 saturated heterocycles. The van der Waals surface area contributed by atoms with Crippen molar-refractivity contribution < 1.29 is 18.3 Å². The zero-order chi connectivity index (χ0) is 14.8. The number of rotatable bonds is 3. The summed E-state index contributed by atoms with van der Waals surface area (Å²) in [4.78, 5) is 12.4. The highest BCUT2D eigenvalue weighted by atomic mass is 35.5. The van der Waals surface area contributed by atoms with E-state index in [9.17, 15) is 13.2 Å². The Balaban J connectivity index is 2.15. The van der Waals surface area contributed by atoms with Gasteiger partial charge in [-0.15, -0.1) is 0 Å². The van der Waals surface area contributed by atoms with Crippen LogP contribution in [0.15, 0.2) is 24.3 Å². The van der Waals surface area contributed by atoms with Gasteiger partial charge in [0.15, 0.2) is 9.84 Å². The van der Waals surface area contributed by atoms with E-state index in [4.69, 9.17) is 16.7 Å². The van der Waals surface area contributed by atoms with Crippen molar-refractivity contribution in [2.45, 2.75) is 0 Å². The molecule has 1 aliphatic heterocycles. The summed E-state index contributed by atoms with van der Waals surface area (Å²) in [5, 5.41) is 9.02. The molecule has 7 heteroatoms. The Kier molecular flexibility index (Phi) is 4.35. The van der Waals surface area contributed by atoms with Crippen molar-refractivity contribution in [3.05, 3.63) is 34.9 Å². The molecule has 0 aromatic heterocycles. The first-order valence-electron chi connectivity index (χ1n) is 6.03. The van der Waals surface area contributed by atoms with Crippen LogP contribution in [-0.4, -0.2) is 44.1 Å². The number of carbonyl (C=O) groups is 1. The largest absolute Gasteiger partial charge is 0.478 e. The lowest BCUT2D eigenvalue weighted by Crippen LogP contribution is -2.40. The highest BCUT2D eigenvalue weighted by Gasteiger charge is 2.21. The van der Waals surface area contributed by atoms with Crippen molar-refractivity contribution in [1.29, 1.82) is 0 Å². The predicted molar refractivity (Wildman–Crippen MR) is 79.0 cm³/mol. The molecule has 1 aliphatic rings. The van der Waals surface area contributed by atoms with E-state index in [1.165, 1.54) is 6.08 Å². The fourth-order valence-corrected chi connectivity index (χ4v) is 3.42. The lowest BCUT2D eigenvalue weighted by molar-refractivity contribution is -0.131. The standard InChI is InChI=1S/C13H14ClNO4S/c14-12-9-11(3-1-10(12)2-4-13(16)17)15-5-7-20(18,19)8-6-15/h1-4,9H,5-8H2,(H,16,17)/b4-2+. The van der Waals surface area contributed by atoms with Crippen LogP contribution in [0.5, 0.6) is 0 Å². The SMILES string of the molecule is O=C(O)/C=C/c1ccc(N2CCS(=O)(=O)CC2)cc1Cl. The number of carboxylic acids is 1. The average molecular weight is 316 g/mol. The van der Waals surface area contributed by atoms with Gasteiger partial charge in [-0.3, -0.25) is 0 Å². The summed E-state index contributed by atoms with van der Waals surface area (Å²) in [5.41, 5.74) is 1.46. The summed E-state index contributed by atoms with van der Waals surface area (Å²) in [6, 6.07) is 5.26. The lowest BCUT2D eigenvalue weighted by atomic mass is 10.1. The number of carboxylic acid groups (broad SMARTS) is 1. The lowest BCUT2D eigenvalue weighted by Gasteiger charge is -2.29. The minimum atomic E-state index is -2.91. The van der Waals surface area contributed by atoms with Crippen LogP contribution in [0, 0.1) is 0 Å². The molecular formula is C13H14ClNO4S. The second-order valence-corrected chi connectivity index (χ2v) is 7.23. The molecule has 0 saturated carbocycles. The molecule has 1 heterocycles. The number of anilines is 1. The second-order valence-electron chi connectivity index (χ2n) is 4.52. The fraction of sp³-hybridized carbons (Fsp3) is 0.308. The van der Waals surface area contributed by atoms with Crippen molar-refractivity contribution in [3.63, 3.8) is 0 Å². The maximum atomic E-state index is 11.4. The third-order valence-electron chi connectivity index (χ3n) is 3.10. The molecule has 1 fully saturated rings. The van der Waals surface area contributed by atoms with E-state index < -0.39 is 15.8 Å². The molecular weight excluding hydrogens is 302 g/mol. The monoisotopic (exact) mass is 315 g/mol. The minimum absolute atomic E-state index is 0.144. The summed E-state index contributed by atoms with van der Waals surface area (Å²) < 4.78 is 22.8. The van der Waals surface area contributed by atoms with Crippen molar-refractivity contribution >= 4 is 39.2 Å². The van der Waals surface area contributed by atoms with Gasteiger partial charge in [0.05, 0.1) is 11.5 Å². The maximum absolute atomic E-state index is 11.4. The van der Waals surface area contributed by atoms with Crippen molar-refractivity contribution in [2.75, 3.05) is 29.5 Å². The fourth-order valence-electron chi connectivity index (χ4n) is 1.98. The first kappa shape index (κ1) is 14.9. The summed E-state index contributed by atoms with van der Waals surface area (Å²) in [6.07, 6.45) is 2.45. The van der Waals surface area contributed by atoms with Crippen molar-refractivity contribution in [2.24, 2.45) is 0 Å². The topological polar surface area (TPSA) is 74.7 Å². The van der Waals surface area contributed by atoms with E-state index in [0.29, 0.717) is 23.7 Å². The molecule has 5 nitrogen and oxygen atoms in total. The molecule has 108 valence electrons. The van der Waals surface area contributed by atoms with Crippen molar-refractivity contribution in [1.82, 2.24) is 0 Å². The van der Waals surface area contributed by atoms with Crippen LogP contribution in [-0.2, 0) is 14.6 Å². The number of sulfone groups is 1. The van der Waals surface area contributed by atoms with Gasteiger partial charge in [-0.05, 0) is 23.8 Å². The Labute approximate surface area is 122 Å². The molecule has 1 aromatic rings. The van der Waals surface area contributed by atoms with Gasteiger partial charge in [0.2, 0.25) is 0 Å². The second kappa shape index (κ2) is 5.85. The van der Waals surface area contributed by atoms with Gasteiger partial charge in [0, 0.05) is 29.9 Å². The zero-order valence-corrected chi connectivity index (χ0v) is 12.2. The molecule has 0 amide bonds. The Morgan fingerprint density at radius 2 is 1.95 bits per heavy atom. The average Bonchev–Trinajstić information content (AvgIpc) is 2.37. The molecule has 1 N–H and O–H groups in total. The first-order chi connectivity index (χ1) is 9.37. The van der Waals surface area contributed by atoms with Gasteiger partial charge in [-0.1, -0.05) is 17.7 Å². The van der Waals surface area contributed by atoms with Crippen LogP contribution in [0.1, 0.15) is 5.56 Å². The van der Waals surface area contributed by atoms with Crippen LogP contribution in [0.25, 0.3) is 6.08 Å². The molecule has 1 aromatic carbocycles. The van der Waals surface area contributed by atoms with E-state index >= 15 is 0 Å². The van der Waals surface area contributed by atoms with E-state index in [1.807, 2.05) is 11.0 Å². The smallest absolute Gasteiger partial charge is 0.328 e. The Morgan fingerprint density at radius 1 is 1.30 bits per heavy atom. The van der Waals surface area contributed by atoms with Crippen LogP contribution < -0.4 is 4.90 Å². The third kappa shape index (κ3) is 3.74.